The predicted molar refractivity (Wildman–Crippen MR) is 85.7 cm³/mol. The summed E-state index contributed by atoms with van der Waals surface area (Å²) in [5.41, 5.74) is 1.18. The number of aromatic nitrogens is 1. The van der Waals surface area contributed by atoms with Gasteiger partial charge in [0.1, 0.15) is 5.60 Å². The van der Waals surface area contributed by atoms with Crippen LogP contribution in [0.25, 0.3) is 0 Å². The van der Waals surface area contributed by atoms with Crippen LogP contribution in [0.2, 0.25) is 0 Å². The summed E-state index contributed by atoms with van der Waals surface area (Å²) in [4.78, 5) is 8.76. The fourth-order valence-corrected chi connectivity index (χ4v) is 3.52. The molecule has 0 aliphatic carbocycles. The Kier molecular flexibility index (Phi) is 5.08. The molecule has 3 heterocycles. The van der Waals surface area contributed by atoms with Crippen molar-refractivity contribution in [2.24, 2.45) is 0 Å². The molecule has 0 amide bonds. The molecule has 1 aromatic heterocycles. The Labute approximate surface area is 133 Å². The maximum atomic E-state index is 6.43. The molecule has 22 heavy (non-hydrogen) atoms. The number of nitrogens with zero attached hydrogens (tertiary/aromatic N) is 3. The molecule has 2 fully saturated rings. The van der Waals surface area contributed by atoms with Crippen molar-refractivity contribution in [2.45, 2.75) is 31.1 Å². The first-order chi connectivity index (χ1) is 10.7. The molecular weight excluding hydrogens is 278 g/mol. The number of ether oxygens (including phenoxy) is 2. The van der Waals surface area contributed by atoms with Crippen LogP contribution in [-0.4, -0.2) is 73.4 Å². The lowest BCUT2D eigenvalue weighted by Crippen LogP contribution is -2.45. The maximum Gasteiger partial charge on any atom is 0.105 e. The van der Waals surface area contributed by atoms with Gasteiger partial charge < -0.3 is 14.4 Å². The van der Waals surface area contributed by atoms with Crippen LogP contribution in [0.15, 0.2) is 24.5 Å². The quantitative estimate of drug-likeness (QED) is 0.840. The Hall–Kier alpha value is -1.01. The standard InChI is InChI=1S/C17H27N3O2/c1-19(2)12-16-3-6-17(22-16)13-20(9-10-21-14-17)11-15-4-7-18-8-5-15/h4-5,7-8,16H,3,6,9-14H2,1-2H3/t16-,17+/m1/s1. The Bertz CT molecular complexity index is 468. The molecule has 0 bridgehead atoms. The molecule has 0 aromatic carbocycles. The van der Waals surface area contributed by atoms with E-state index in [-0.39, 0.29) is 5.60 Å². The number of hydrogen-bond acceptors (Lipinski definition) is 5. The van der Waals surface area contributed by atoms with Crippen molar-refractivity contribution in [2.75, 3.05) is 46.9 Å². The highest BCUT2D eigenvalue weighted by molar-refractivity contribution is 5.10. The lowest BCUT2D eigenvalue weighted by Gasteiger charge is -2.32. The summed E-state index contributed by atoms with van der Waals surface area (Å²) >= 11 is 0. The Morgan fingerprint density at radius 3 is 2.95 bits per heavy atom. The van der Waals surface area contributed by atoms with Crippen LogP contribution in [-0.2, 0) is 16.0 Å². The summed E-state index contributed by atoms with van der Waals surface area (Å²) in [5, 5.41) is 0. The van der Waals surface area contributed by atoms with E-state index in [1.54, 1.807) is 0 Å². The summed E-state index contributed by atoms with van der Waals surface area (Å²) in [5.74, 6) is 0. The van der Waals surface area contributed by atoms with E-state index in [4.69, 9.17) is 9.47 Å². The molecule has 122 valence electrons. The Morgan fingerprint density at radius 2 is 2.18 bits per heavy atom. The van der Waals surface area contributed by atoms with Crippen molar-refractivity contribution in [3.8, 4) is 0 Å². The third-order valence-electron chi connectivity index (χ3n) is 4.49. The SMILES string of the molecule is CN(C)C[C@H]1CC[C@]2(COCCN(Cc3ccncc3)C2)O1. The van der Waals surface area contributed by atoms with Crippen molar-refractivity contribution < 1.29 is 9.47 Å². The van der Waals surface area contributed by atoms with E-state index in [0.29, 0.717) is 6.10 Å². The molecule has 0 radical (unpaired) electrons. The minimum absolute atomic E-state index is 0.121. The van der Waals surface area contributed by atoms with Crippen LogP contribution in [0.1, 0.15) is 18.4 Å². The maximum absolute atomic E-state index is 6.43. The van der Waals surface area contributed by atoms with Gasteiger partial charge in [0.15, 0.2) is 0 Å². The third kappa shape index (κ3) is 4.04. The molecule has 2 aliphatic heterocycles. The van der Waals surface area contributed by atoms with E-state index in [1.165, 1.54) is 5.56 Å². The van der Waals surface area contributed by atoms with Crippen LogP contribution in [0.3, 0.4) is 0 Å². The first-order valence-electron chi connectivity index (χ1n) is 8.17. The average molecular weight is 305 g/mol. The number of pyridine rings is 1. The van der Waals surface area contributed by atoms with Gasteiger partial charge in [-0.05, 0) is 44.6 Å². The molecule has 1 spiro atoms. The fourth-order valence-electron chi connectivity index (χ4n) is 3.52. The first-order valence-corrected chi connectivity index (χ1v) is 8.17. The van der Waals surface area contributed by atoms with E-state index in [9.17, 15) is 0 Å². The molecule has 5 nitrogen and oxygen atoms in total. The Balaban J connectivity index is 1.63. The smallest absolute Gasteiger partial charge is 0.105 e. The van der Waals surface area contributed by atoms with Gasteiger partial charge in [0.05, 0.1) is 19.3 Å². The van der Waals surface area contributed by atoms with Crippen molar-refractivity contribution in [1.29, 1.82) is 0 Å². The first kappa shape index (κ1) is 15.9. The summed E-state index contributed by atoms with van der Waals surface area (Å²) in [7, 11) is 4.21. The van der Waals surface area contributed by atoms with Crippen LogP contribution in [0.5, 0.6) is 0 Å². The minimum atomic E-state index is -0.121. The van der Waals surface area contributed by atoms with E-state index < -0.39 is 0 Å². The predicted octanol–water partition coefficient (Wildman–Crippen LogP) is 1.39. The molecule has 2 aliphatic rings. The van der Waals surface area contributed by atoms with Gasteiger partial charge in [0, 0.05) is 38.6 Å². The van der Waals surface area contributed by atoms with Crippen molar-refractivity contribution >= 4 is 0 Å². The summed E-state index contributed by atoms with van der Waals surface area (Å²) in [6.45, 7) is 5.37. The number of likely N-dealkylation sites (N-methyl/N-ethyl adjacent to an activating group) is 1. The Morgan fingerprint density at radius 1 is 1.36 bits per heavy atom. The highest BCUT2D eigenvalue weighted by Crippen LogP contribution is 2.33. The summed E-state index contributed by atoms with van der Waals surface area (Å²) < 4.78 is 12.3. The molecule has 0 saturated carbocycles. The second kappa shape index (κ2) is 7.04. The van der Waals surface area contributed by atoms with E-state index >= 15 is 0 Å². The highest BCUT2D eigenvalue weighted by Gasteiger charge is 2.43. The van der Waals surface area contributed by atoms with Gasteiger partial charge in [-0.15, -0.1) is 0 Å². The second-order valence-corrected chi connectivity index (χ2v) is 6.84. The molecule has 2 atom stereocenters. The van der Waals surface area contributed by atoms with Gasteiger partial charge in [-0.2, -0.15) is 0 Å². The van der Waals surface area contributed by atoms with Crippen molar-refractivity contribution in [1.82, 2.24) is 14.8 Å². The number of rotatable bonds is 4. The molecule has 0 unspecified atom stereocenters. The zero-order chi connectivity index (χ0) is 15.4. The van der Waals surface area contributed by atoms with Crippen molar-refractivity contribution in [3.05, 3.63) is 30.1 Å². The lowest BCUT2D eigenvalue weighted by molar-refractivity contribution is -0.0902. The lowest BCUT2D eigenvalue weighted by atomic mass is 10.00. The molecule has 5 heteroatoms. The van der Waals surface area contributed by atoms with Crippen LogP contribution < -0.4 is 0 Å². The third-order valence-corrected chi connectivity index (χ3v) is 4.49. The largest absolute Gasteiger partial charge is 0.377 e. The molecule has 1 aromatic rings. The van der Waals surface area contributed by atoms with Gasteiger partial charge in [-0.25, -0.2) is 0 Å². The molecule has 3 rings (SSSR count). The topological polar surface area (TPSA) is 37.8 Å². The van der Waals surface area contributed by atoms with Crippen molar-refractivity contribution in [3.63, 3.8) is 0 Å². The fraction of sp³-hybridized carbons (Fsp3) is 0.706. The van der Waals surface area contributed by atoms with E-state index in [0.717, 1.165) is 52.2 Å². The van der Waals surface area contributed by atoms with Gasteiger partial charge in [0.25, 0.3) is 0 Å². The highest BCUT2D eigenvalue weighted by atomic mass is 16.6. The van der Waals surface area contributed by atoms with Crippen LogP contribution in [0.4, 0.5) is 0 Å². The van der Waals surface area contributed by atoms with Gasteiger partial charge in [0.2, 0.25) is 0 Å². The molecule has 2 saturated heterocycles. The molecule has 0 N–H and O–H groups in total. The average Bonchev–Trinajstić information content (AvgIpc) is 2.75. The van der Waals surface area contributed by atoms with Gasteiger partial charge in [-0.1, -0.05) is 0 Å². The zero-order valence-electron chi connectivity index (χ0n) is 13.7. The summed E-state index contributed by atoms with van der Waals surface area (Å²) in [6.07, 6.45) is 6.28. The van der Waals surface area contributed by atoms with Gasteiger partial charge >= 0.3 is 0 Å². The van der Waals surface area contributed by atoms with Gasteiger partial charge in [-0.3, -0.25) is 9.88 Å². The van der Waals surface area contributed by atoms with Crippen LogP contribution in [0, 0.1) is 0 Å². The summed E-state index contributed by atoms with van der Waals surface area (Å²) in [6, 6.07) is 4.17. The number of hydrogen-bond donors (Lipinski definition) is 0. The normalized spacial score (nSPS) is 30.0. The zero-order valence-corrected chi connectivity index (χ0v) is 13.7. The van der Waals surface area contributed by atoms with Crippen LogP contribution >= 0.6 is 0 Å². The second-order valence-electron chi connectivity index (χ2n) is 6.84. The van der Waals surface area contributed by atoms with E-state index in [2.05, 4.69) is 41.0 Å². The molecular formula is C17H27N3O2. The van der Waals surface area contributed by atoms with E-state index in [1.807, 2.05) is 12.4 Å². The minimum Gasteiger partial charge on any atom is -0.377 e. The monoisotopic (exact) mass is 305 g/mol.